The minimum Gasteiger partial charge on any atom is -0.487 e. The van der Waals surface area contributed by atoms with E-state index in [2.05, 4.69) is 38.1 Å². The summed E-state index contributed by atoms with van der Waals surface area (Å²) < 4.78 is 8.61. The van der Waals surface area contributed by atoms with Gasteiger partial charge in [-0.2, -0.15) is 0 Å². The average molecular weight is 373 g/mol. The number of hydrogen-bond donors (Lipinski definition) is 1. The SMILES string of the molecule is CSN1CCC(Oc2ccccc2Nc2ncnc3scc(C)c23)C1. The number of para-hydroxylation sites is 2. The van der Waals surface area contributed by atoms with Crippen LogP contribution in [0.15, 0.2) is 36.0 Å². The first kappa shape index (κ1) is 16.6. The molecule has 1 aromatic carbocycles. The molecule has 3 aromatic rings. The number of fused-ring (bicyclic) bond motifs is 1. The highest BCUT2D eigenvalue weighted by molar-refractivity contribution is 7.96. The Hall–Kier alpha value is -1.83. The molecule has 2 aromatic heterocycles. The van der Waals surface area contributed by atoms with Crippen molar-refractivity contribution in [2.45, 2.75) is 19.4 Å². The number of nitrogens with zero attached hydrogens (tertiary/aromatic N) is 3. The van der Waals surface area contributed by atoms with E-state index in [-0.39, 0.29) is 6.10 Å². The number of benzene rings is 1. The summed E-state index contributed by atoms with van der Waals surface area (Å²) in [4.78, 5) is 9.81. The van der Waals surface area contributed by atoms with Crippen molar-refractivity contribution in [2.75, 3.05) is 24.7 Å². The first-order chi connectivity index (χ1) is 12.2. The molecule has 25 heavy (non-hydrogen) atoms. The Balaban J connectivity index is 1.60. The molecule has 0 bridgehead atoms. The Morgan fingerprint density at radius 3 is 3.04 bits per heavy atom. The zero-order chi connectivity index (χ0) is 17.2. The fraction of sp³-hybridized carbons (Fsp3) is 0.333. The van der Waals surface area contributed by atoms with Crippen LogP contribution in [0.25, 0.3) is 10.2 Å². The molecule has 1 unspecified atom stereocenters. The summed E-state index contributed by atoms with van der Waals surface area (Å²) in [6.07, 6.45) is 5.00. The van der Waals surface area contributed by atoms with Gasteiger partial charge in [0.25, 0.3) is 0 Å². The smallest absolute Gasteiger partial charge is 0.143 e. The second-order valence-electron chi connectivity index (χ2n) is 6.04. The number of aromatic nitrogens is 2. The van der Waals surface area contributed by atoms with Crippen LogP contribution in [0.4, 0.5) is 11.5 Å². The van der Waals surface area contributed by atoms with Crippen molar-refractivity contribution in [1.29, 1.82) is 0 Å². The quantitative estimate of drug-likeness (QED) is 0.667. The first-order valence-electron chi connectivity index (χ1n) is 8.25. The molecule has 5 nitrogen and oxygen atoms in total. The Kier molecular flexibility index (Phi) is 4.78. The lowest BCUT2D eigenvalue weighted by molar-refractivity contribution is 0.218. The fourth-order valence-corrected chi connectivity index (χ4v) is 4.54. The number of ether oxygens (including phenoxy) is 1. The van der Waals surface area contributed by atoms with Crippen LogP contribution in [-0.4, -0.2) is 39.7 Å². The number of nitrogens with one attached hydrogen (secondary N) is 1. The Morgan fingerprint density at radius 1 is 1.32 bits per heavy atom. The predicted octanol–water partition coefficient (Wildman–Crippen LogP) is 4.47. The monoisotopic (exact) mass is 372 g/mol. The van der Waals surface area contributed by atoms with E-state index in [4.69, 9.17) is 4.74 Å². The molecule has 0 spiro atoms. The lowest BCUT2D eigenvalue weighted by atomic mass is 10.2. The molecule has 0 aliphatic carbocycles. The molecule has 130 valence electrons. The van der Waals surface area contributed by atoms with E-state index in [1.54, 1.807) is 29.6 Å². The molecule has 1 atom stereocenters. The third kappa shape index (κ3) is 3.44. The summed E-state index contributed by atoms with van der Waals surface area (Å²) in [5.74, 6) is 1.70. The summed E-state index contributed by atoms with van der Waals surface area (Å²) in [7, 11) is 0. The Morgan fingerprint density at radius 2 is 2.20 bits per heavy atom. The lowest BCUT2D eigenvalue weighted by Gasteiger charge is -2.18. The molecule has 0 saturated carbocycles. The summed E-state index contributed by atoms with van der Waals surface area (Å²) in [6, 6.07) is 8.07. The molecule has 4 rings (SSSR count). The van der Waals surface area contributed by atoms with Crippen LogP contribution in [0.1, 0.15) is 12.0 Å². The minimum absolute atomic E-state index is 0.226. The van der Waals surface area contributed by atoms with E-state index < -0.39 is 0 Å². The van der Waals surface area contributed by atoms with Crippen LogP contribution in [0, 0.1) is 6.92 Å². The zero-order valence-electron chi connectivity index (χ0n) is 14.2. The molecule has 1 aliphatic rings. The van der Waals surface area contributed by atoms with Crippen LogP contribution < -0.4 is 10.1 Å². The molecule has 1 saturated heterocycles. The van der Waals surface area contributed by atoms with Gasteiger partial charge in [0.2, 0.25) is 0 Å². The van der Waals surface area contributed by atoms with Gasteiger partial charge in [-0.3, -0.25) is 0 Å². The van der Waals surface area contributed by atoms with Gasteiger partial charge in [-0.15, -0.1) is 11.3 Å². The maximum Gasteiger partial charge on any atom is 0.143 e. The number of hydrogen-bond acceptors (Lipinski definition) is 7. The van der Waals surface area contributed by atoms with Gasteiger partial charge in [0.05, 0.1) is 11.1 Å². The lowest BCUT2D eigenvalue weighted by Crippen LogP contribution is -2.20. The third-order valence-corrected chi connectivity index (χ3v) is 6.21. The molecule has 1 N–H and O–H groups in total. The zero-order valence-corrected chi connectivity index (χ0v) is 15.9. The summed E-state index contributed by atoms with van der Waals surface area (Å²) in [5.41, 5.74) is 2.13. The average Bonchev–Trinajstić information content (AvgIpc) is 3.24. The molecule has 0 radical (unpaired) electrons. The van der Waals surface area contributed by atoms with Crippen molar-refractivity contribution in [1.82, 2.24) is 14.3 Å². The summed E-state index contributed by atoms with van der Waals surface area (Å²) >= 11 is 3.42. The van der Waals surface area contributed by atoms with Gasteiger partial charge >= 0.3 is 0 Å². The van der Waals surface area contributed by atoms with Crippen LogP contribution >= 0.6 is 23.3 Å². The topological polar surface area (TPSA) is 50.3 Å². The Labute approximate surface area is 155 Å². The number of thiophene rings is 1. The van der Waals surface area contributed by atoms with E-state index >= 15 is 0 Å². The highest BCUT2D eigenvalue weighted by Gasteiger charge is 2.24. The van der Waals surface area contributed by atoms with Gasteiger partial charge in [0, 0.05) is 13.1 Å². The molecule has 0 amide bonds. The maximum absolute atomic E-state index is 6.28. The van der Waals surface area contributed by atoms with E-state index in [0.29, 0.717) is 0 Å². The number of aryl methyl sites for hydroxylation is 1. The largest absolute Gasteiger partial charge is 0.487 e. The van der Waals surface area contributed by atoms with Crippen molar-refractivity contribution in [3.05, 3.63) is 41.5 Å². The van der Waals surface area contributed by atoms with Crippen LogP contribution in [0.2, 0.25) is 0 Å². The van der Waals surface area contributed by atoms with E-state index in [1.807, 2.05) is 24.3 Å². The van der Waals surface area contributed by atoms with Gasteiger partial charge < -0.3 is 10.1 Å². The van der Waals surface area contributed by atoms with Crippen molar-refractivity contribution in [3.8, 4) is 5.75 Å². The van der Waals surface area contributed by atoms with E-state index in [0.717, 1.165) is 47.0 Å². The molecule has 1 fully saturated rings. The van der Waals surface area contributed by atoms with Crippen LogP contribution in [0.5, 0.6) is 5.75 Å². The first-order valence-corrected chi connectivity index (χ1v) is 10.3. The normalized spacial score (nSPS) is 17.9. The number of anilines is 2. The second-order valence-corrected chi connectivity index (χ2v) is 7.78. The summed E-state index contributed by atoms with van der Waals surface area (Å²) in [6.45, 7) is 4.12. The molecular weight excluding hydrogens is 352 g/mol. The highest BCUT2D eigenvalue weighted by Crippen LogP contribution is 2.34. The van der Waals surface area contributed by atoms with Gasteiger partial charge in [-0.25, -0.2) is 14.3 Å². The molecule has 7 heteroatoms. The van der Waals surface area contributed by atoms with Crippen LogP contribution in [0.3, 0.4) is 0 Å². The predicted molar refractivity (Wildman–Crippen MR) is 106 cm³/mol. The highest BCUT2D eigenvalue weighted by atomic mass is 32.2. The van der Waals surface area contributed by atoms with Crippen molar-refractivity contribution < 1.29 is 4.74 Å². The van der Waals surface area contributed by atoms with E-state index in [1.165, 1.54) is 5.56 Å². The van der Waals surface area contributed by atoms with Crippen molar-refractivity contribution in [2.24, 2.45) is 0 Å². The molecule has 3 heterocycles. The minimum atomic E-state index is 0.226. The second kappa shape index (κ2) is 7.19. The van der Waals surface area contributed by atoms with Crippen LogP contribution in [-0.2, 0) is 0 Å². The van der Waals surface area contributed by atoms with Crippen molar-refractivity contribution in [3.63, 3.8) is 0 Å². The maximum atomic E-state index is 6.28. The summed E-state index contributed by atoms with van der Waals surface area (Å²) in [5, 5.41) is 6.65. The Bertz CT molecular complexity index is 882. The van der Waals surface area contributed by atoms with Crippen molar-refractivity contribution >= 4 is 45.0 Å². The fourth-order valence-electron chi connectivity index (χ4n) is 3.05. The third-order valence-electron chi connectivity index (χ3n) is 4.35. The molecular formula is C18H20N4OS2. The number of rotatable bonds is 5. The van der Waals surface area contributed by atoms with E-state index in [9.17, 15) is 0 Å². The van der Waals surface area contributed by atoms with Gasteiger partial charge in [0.15, 0.2) is 0 Å². The standard InChI is InChI=1S/C18H20N4OS2/c1-12-10-25-18-16(12)17(19-11-20-18)21-14-5-3-4-6-15(14)23-13-7-8-22(9-13)24-2/h3-6,10-11,13H,7-9H2,1-2H3,(H,19,20,21). The van der Waals surface area contributed by atoms with Gasteiger partial charge in [0.1, 0.15) is 28.8 Å². The van der Waals surface area contributed by atoms with Gasteiger partial charge in [-0.05, 0) is 42.7 Å². The van der Waals surface area contributed by atoms with Gasteiger partial charge in [-0.1, -0.05) is 24.1 Å². The molecule has 1 aliphatic heterocycles.